The van der Waals surface area contributed by atoms with Gasteiger partial charge in [0.1, 0.15) is 5.57 Å². The number of rotatable bonds is 2. The van der Waals surface area contributed by atoms with Crippen molar-refractivity contribution in [1.82, 2.24) is 10.4 Å². The number of aromatic nitrogens is 1. The van der Waals surface area contributed by atoms with Gasteiger partial charge in [0.2, 0.25) is 5.56 Å². The van der Waals surface area contributed by atoms with Crippen LogP contribution in [0.2, 0.25) is 0 Å². The van der Waals surface area contributed by atoms with Crippen LogP contribution < -0.4 is 16.0 Å². The van der Waals surface area contributed by atoms with Gasteiger partial charge in [-0.1, -0.05) is 0 Å². The van der Waals surface area contributed by atoms with E-state index in [1.807, 2.05) is 12.1 Å². The summed E-state index contributed by atoms with van der Waals surface area (Å²) in [7, 11) is 0. The lowest BCUT2D eigenvalue weighted by Gasteiger charge is -2.14. The summed E-state index contributed by atoms with van der Waals surface area (Å²) < 4.78 is 1.03. The van der Waals surface area contributed by atoms with Crippen LogP contribution in [0.15, 0.2) is 53.0 Å². The van der Waals surface area contributed by atoms with Crippen molar-refractivity contribution < 1.29 is 9.59 Å². The number of amides is 2. The second-order valence-electron chi connectivity index (χ2n) is 4.60. The summed E-state index contributed by atoms with van der Waals surface area (Å²) in [5.74, 6) is -0.949. The van der Waals surface area contributed by atoms with Gasteiger partial charge >= 0.3 is 0 Å². The van der Waals surface area contributed by atoms with Gasteiger partial charge in [0.25, 0.3) is 11.8 Å². The Bertz CT molecular complexity index is 840. The van der Waals surface area contributed by atoms with E-state index in [4.69, 9.17) is 0 Å². The van der Waals surface area contributed by atoms with Gasteiger partial charge in [-0.2, -0.15) is 0 Å². The van der Waals surface area contributed by atoms with Gasteiger partial charge < -0.3 is 4.98 Å². The highest BCUT2D eigenvalue weighted by Crippen LogP contribution is 2.22. The number of aromatic amines is 1. The first-order chi connectivity index (χ1) is 10.5. The zero-order valence-electron chi connectivity index (χ0n) is 11.2. The fourth-order valence-electron chi connectivity index (χ4n) is 2.05. The third kappa shape index (κ3) is 2.80. The van der Waals surface area contributed by atoms with Crippen molar-refractivity contribution in [3.05, 3.63) is 67.7 Å². The Morgan fingerprint density at radius 1 is 1.05 bits per heavy atom. The number of carbonyl (C=O) groups is 2. The number of pyridine rings is 1. The smallest absolute Gasteiger partial charge is 0.282 e. The average molecular weight is 407 g/mol. The molecule has 2 N–H and O–H groups in total. The van der Waals surface area contributed by atoms with E-state index in [0.29, 0.717) is 11.3 Å². The van der Waals surface area contributed by atoms with Crippen LogP contribution in [0.5, 0.6) is 0 Å². The predicted molar refractivity (Wildman–Crippen MR) is 89.8 cm³/mol. The number of H-pyrrole nitrogens is 1. The molecule has 6 nitrogen and oxygen atoms in total. The zero-order valence-corrected chi connectivity index (χ0v) is 13.3. The molecule has 2 heterocycles. The minimum absolute atomic E-state index is 0.0100. The molecule has 7 heteroatoms. The number of hydrazine groups is 1. The van der Waals surface area contributed by atoms with Gasteiger partial charge in [-0.25, -0.2) is 5.01 Å². The summed E-state index contributed by atoms with van der Waals surface area (Å²) >= 11 is 2.16. The van der Waals surface area contributed by atoms with Crippen LogP contribution in [0.3, 0.4) is 0 Å². The SMILES string of the molecule is O=C1NN(c2ccc(I)cc2)C(=O)/C1=C\c1cc[nH]c(=O)c1. The largest absolute Gasteiger partial charge is 0.329 e. The Kier molecular flexibility index (Phi) is 3.80. The molecule has 0 aliphatic carbocycles. The number of hydrogen-bond donors (Lipinski definition) is 2. The van der Waals surface area contributed by atoms with E-state index < -0.39 is 11.8 Å². The highest BCUT2D eigenvalue weighted by atomic mass is 127. The number of benzene rings is 1. The maximum Gasteiger partial charge on any atom is 0.282 e. The van der Waals surface area contributed by atoms with Gasteiger partial charge in [0, 0.05) is 15.8 Å². The van der Waals surface area contributed by atoms with E-state index in [2.05, 4.69) is 33.0 Å². The monoisotopic (exact) mass is 407 g/mol. The van der Waals surface area contributed by atoms with Crippen molar-refractivity contribution in [2.75, 3.05) is 5.01 Å². The summed E-state index contributed by atoms with van der Waals surface area (Å²) in [5, 5.41) is 1.19. The van der Waals surface area contributed by atoms with Gasteiger partial charge in [0.05, 0.1) is 5.69 Å². The van der Waals surface area contributed by atoms with E-state index in [1.54, 1.807) is 18.2 Å². The molecule has 1 fully saturated rings. The normalized spacial score (nSPS) is 16.2. The van der Waals surface area contributed by atoms with Crippen molar-refractivity contribution in [3.8, 4) is 0 Å². The second kappa shape index (κ2) is 5.76. The second-order valence-corrected chi connectivity index (χ2v) is 5.85. The lowest BCUT2D eigenvalue weighted by atomic mass is 10.1. The van der Waals surface area contributed by atoms with Gasteiger partial charge in [-0.05, 0) is 64.6 Å². The number of nitrogens with one attached hydrogen (secondary N) is 2. The van der Waals surface area contributed by atoms with Crippen LogP contribution in [0.25, 0.3) is 6.08 Å². The van der Waals surface area contributed by atoms with Crippen LogP contribution in [0.4, 0.5) is 5.69 Å². The minimum atomic E-state index is -0.496. The first-order valence-electron chi connectivity index (χ1n) is 6.36. The van der Waals surface area contributed by atoms with Crippen LogP contribution in [0, 0.1) is 3.57 Å². The summed E-state index contributed by atoms with van der Waals surface area (Å²) in [6, 6.07) is 10.1. The Morgan fingerprint density at radius 2 is 1.77 bits per heavy atom. The van der Waals surface area contributed by atoms with Crippen molar-refractivity contribution >= 4 is 46.2 Å². The predicted octanol–water partition coefficient (Wildman–Crippen LogP) is 1.44. The molecule has 1 aromatic heterocycles. The number of nitrogens with zero attached hydrogens (tertiary/aromatic N) is 1. The molecule has 1 aliphatic heterocycles. The molecule has 0 spiro atoms. The molecule has 0 saturated carbocycles. The molecule has 0 bridgehead atoms. The number of hydrogen-bond acceptors (Lipinski definition) is 3. The lowest BCUT2D eigenvalue weighted by molar-refractivity contribution is -0.117. The fourth-order valence-corrected chi connectivity index (χ4v) is 2.41. The fraction of sp³-hybridized carbons (Fsp3) is 0. The van der Waals surface area contributed by atoms with Crippen LogP contribution >= 0.6 is 22.6 Å². The molecule has 3 rings (SSSR count). The average Bonchev–Trinajstić information content (AvgIpc) is 2.76. The third-order valence-electron chi connectivity index (χ3n) is 3.09. The maximum atomic E-state index is 12.4. The first kappa shape index (κ1) is 14.5. The maximum absolute atomic E-state index is 12.4. The van der Waals surface area contributed by atoms with Crippen LogP contribution in [-0.2, 0) is 9.59 Å². The molecule has 0 unspecified atom stereocenters. The number of halogens is 1. The molecule has 110 valence electrons. The van der Waals surface area contributed by atoms with Gasteiger partial charge in [-0.15, -0.1) is 0 Å². The first-order valence-corrected chi connectivity index (χ1v) is 7.44. The Balaban J connectivity index is 1.95. The van der Waals surface area contributed by atoms with E-state index in [0.717, 1.165) is 3.57 Å². The highest BCUT2D eigenvalue weighted by Gasteiger charge is 2.34. The molecule has 0 atom stereocenters. The minimum Gasteiger partial charge on any atom is -0.329 e. The molecule has 1 aromatic carbocycles. The number of anilines is 1. The van der Waals surface area contributed by atoms with E-state index in [-0.39, 0.29) is 11.1 Å². The summed E-state index contributed by atoms with van der Waals surface area (Å²) in [5.41, 5.74) is 3.28. The Morgan fingerprint density at radius 3 is 2.45 bits per heavy atom. The molecule has 1 aliphatic rings. The number of carbonyl (C=O) groups excluding carboxylic acids is 2. The molecular formula is C15H10IN3O3. The molecule has 22 heavy (non-hydrogen) atoms. The van der Waals surface area contributed by atoms with Crippen molar-refractivity contribution in [1.29, 1.82) is 0 Å². The van der Waals surface area contributed by atoms with Gasteiger partial charge in [-0.3, -0.25) is 19.8 Å². The van der Waals surface area contributed by atoms with Gasteiger partial charge in [0.15, 0.2) is 0 Å². The van der Waals surface area contributed by atoms with E-state index in [1.165, 1.54) is 23.3 Å². The topological polar surface area (TPSA) is 82.3 Å². The Labute approximate surface area is 138 Å². The highest BCUT2D eigenvalue weighted by molar-refractivity contribution is 14.1. The lowest BCUT2D eigenvalue weighted by Crippen LogP contribution is -2.35. The summed E-state index contributed by atoms with van der Waals surface area (Å²) in [6.07, 6.45) is 2.86. The third-order valence-corrected chi connectivity index (χ3v) is 3.81. The van der Waals surface area contributed by atoms with E-state index >= 15 is 0 Å². The zero-order chi connectivity index (χ0) is 15.7. The quantitative estimate of drug-likeness (QED) is 0.449. The van der Waals surface area contributed by atoms with Crippen molar-refractivity contribution in [2.45, 2.75) is 0 Å². The standard InChI is InChI=1S/C15H10IN3O3/c16-10-1-3-11(4-2-10)19-15(22)12(14(21)18-19)7-9-5-6-17-13(20)8-9/h1-8H,(H,17,20)(H,18,21)/b12-7-. The van der Waals surface area contributed by atoms with Crippen LogP contribution in [0.1, 0.15) is 5.56 Å². The Hall–Kier alpha value is -2.42. The molecule has 2 amide bonds. The van der Waals surface area contributed by atoms with Crippen molar-refractivity contribution in [2.24, 2.45) is 0 Å². The molecule has 2 aromatic rings. The van der Waals surface area contributed by atoms with Crippen LogP contribution in [-0.4, -0.2) is 16.8 Å². The summed E-state index contributed by atoms with van der Waals surface area (Å²) in [6.45, 7) is 0. The molecule has 0 radical (unpaired) electrons. The molecule has 1 saturated heterocycles. The van der Waals surface area contributed by atoms with E-state index in [9.17, 15) is 14.4 Å². The summed E-state index contributed by atoms with van der Waals surface area (Å²) in [4.78, 5) is 38.1. The van der Waals surface area contributed by atoms with Crippen molar-refractivity contribution in [3.63, 3.8) is 0 Å². The molecular weight excluding hydrogens is 397 g/mol.